The molecular weight excluding hydrogens is 296 g/mol. The van der Waals surface area contributed by atoms with Gasteiger partial charge in [0.1, 0.15) is 0 Å². The Labute approximate surface area is 153 Å². The maximum Gasteiger partial charge on any atom is 0.171 e. The Hall–Kier alpha value is -0.0800. The fourth-order valence-corrected chi connectivity index (χ4v) is 3.43. The SMILES string of the molecule is CCCCCCCCC(CC)C(CC)(OC(C)CC)OC(C)CC. The third kappa shape index (κ3) is 8.85. The number of hydrogen-bond acceptors (Lipinski definition) is 2. The molecule has 0 saturated heterocycles. The van der Waals surface area contributed by atoms with Gasteiger partial charge >= 0.3 is 0 Å². The Morgan fingerprint density at radius 2 is 1.17 bits per heavy atom. The van der Waals surface area contributed by atoms with Crippen LogP contribution in [0, 0.1) is 5.92 Å². The molecule has 3 atom stereocenters. The fourth-order valence-electron chi connectivity index (χ4n) is 3.43. The molecule has 0 aliphatic rings. The largest absolute Gasteiger partial charge is 0.347 e. The van der Waals surface area contributed by atoms with Gasteiger partial charge < -0.3 is 9.47 Å². The third-order valence-electron chi connectivity index (χ3n) is 5.46. The van der Waals surface area contributed by atoms with Gasteiger partial charge in [0.15, 0.2) is 5.79 Å². The minimum absolute atomic E-state index is 0.257. The predicted molar refractivity (Wildman–Crippen MR) is 106 cm³/mol. The molecule has 0 saturated carbocycles. The highest BCUT2D eigenvalue weighted by Crippen LogP contribution is 2.37. The van der Waals surface area contributed by atoms with Crippen molar-refractivity contribution in [3.63, 3.8) is 0 Å². The van der Waals surface area contributed by atoms with E-state index in [9.17, 15) is 0 Å². The maximum absolute atomic E-state index is 6.54. The van der Waals surface area contributed by atoms with E-state index in [1.165, 1.54) is 44.9 Å². The van der Waals surface area contributed by atoms with Crippen LogP contribution in [0.3, 0.4) is 0 Å². The first kappa shape index (κ1) is 23.9. The first-order valence-electron chi connectivity index (χ1n) is 10.8. The first-order valence-corrected chi connectivity index (χ1v) is 10.8. The summed E-state index contributed by atoms with van der Waals surface area (Å²) >= 11 is 0. The van der Waals surface area contributed by atoms with Crippen LogP contribution in [0.4, 0.5) is 0 Å². The third-order valence-corrected chi connectivity index (χ3v) is 5.46. The van der Waals surface area contributed by atoms with E-state index < -0.39 is 5.79 Å². The standard InChI is InChI=1S/C22H46O2/c1-8-13-14-15-16-17-18-21(11-4)22(12-5,23-19(6)9-2)24-20(7)10-3/h19-21H,8-18H2,1-7H3. The number of hydrogen-bond donors (Lipinski definition) is 0. The first-order chi connectivity index (χ1) is 11.5. The minimum Gasteiger partial charge on any atom is -0.347 e. The van der Waals surface area contributed by atoms with Crippen LogP contribution in [0.2, 0.25) is 0 Å². The quantitative estimate of drug-likeness (QED) is 0.213. The second-order valence-corrected chi connectivity index (χ2v) is 7.50. The Morgan fingerprint density at radius 1 is 0.667 bits per heavy atom. The number of rotatable bonds is 16. The van der Waals surface area contributed by atoms with Crippen molar-refractivity contribution in [2.24, 2.45) is 5.92 Å². The molecule has 0 fully saturated rings. The Kier molecular flexibility index (Phi) is 14.1. The molecule has 2 heteroatoms. The zero-order valence-electron chi connectivity index (χ0n) is 17.8. The van der Waals surface area contributed by atoms with Crippen molar-refractivity contribution in [1.29, 1.82) is 0 Å². The molecule has 0 spiro atoms. The van der Waals surface area contributed by atoms with Gasteiger partial charge in [0.2, 0.25) is 0 Å². The average molecular weight is 343 g/mol. The van der Waals surface area contributed by atoms with Crippen molar-refractivity contribution in [2.45, 2.75) is 137 Å². The summed E-state index contributed by atoms with van der Waals surface area (Å²) < 4.78 is 13.1. The van der Waals surface area contributed by atoms with Crippen molar-refractivity contribution >= 4 is 0 Å². The highest BCUT2D eigenvalue weighted by atomic mass is 16.7. The van der Waals surface area contributed by atoms with Crippen LogP contribution < -0.4 is 0 Å². The van der Waals surface area contributed by atoms with Crippen molar-refractivity contribution in [1.82, 2.24) is 0 Å². The van der Waals surface area contributed by atoms with Crippen LogP contribution in [0.25, 0.3) is 0 Å². The van der Waals surface area contributed by atoms with E-state index in [-0.39, 0.29) is 12.2 Å². The second kappa shape index (κ2) is 14.1. The minimum atomic E-state index is -0.400. The summed E-state index contributed by atoms with van der Waals surface area (Å²) in [4.78, 5) is 0. The summed E-state index contributed by atoms with van der Waals surface area (Å²) in [6, 6.07) is 0. The summed E-state index contributed by atoms with van der Waals surface area (Å²) in [5.74, 6) is 0.0971. The van der Waals surface area contributed by atoms with Crippen molar-refractivity contribution in [3.05, 3.63) is 0 Å². The van der Waals surface area contributed by atoms with Crippen molar-refractivity contribution in [3.8, 4) is 0 Å². The molecule has 0 heterocycles. The topological polar surface area (TPSA) is 18.5 Å². The molecule has 0 aliphatic heterocycles. The zero-order chi connectivity index (χ0) is 18.4. The molecule has 0 rings (SSSR count). The molecule has 2 nitrogen and oxygen atoms in total. The molecule has 0 amide bonds. The summed E-state index contributed by atoms with van der Waals surface area (Å²) in [5.41, 5.74) is 0. The molecule has 0 N–H and O–H groups in total. The highest BCUT2D eigenvalue weighted by Gasteiger charge is 2.40. The molecule has 146 valence electrons. The van der Waals surface area contributed by atoms with Gasteiger partial charge in [-0.25, -0.2) is 0 Å². The van der Waals surface area contributed by atoms with Gasteiger partial charge in [-0.1, -0.05) is 73.1 Å². The van der Waals surface area contributed by atoms with Crippen LogP contribution in [-0.4, -0.2) is 18.0 Å². The maximum atomic E-state index is 6.54. The van der Waals surface area contributed by atoms with Crippen LogP contribution in [-0.2, 0) is 9.47 Å². The zero-order valence-corrected chi connectivity index (χ0v) is 17.8. The van der Waals surface area contributed by atoms with E-state index in [0.29, 0.717) is 5.92 Å². The van der Waals surface area contributed by atoms with E-state index in [2.05, 4.69) is 48.5 Å². The van der Waals surface area contributed by atoms with E-state index in [0.717, 1.165) is 25.7 Å². The lowest BCUT2D eigenvalue weighted by Crippen LogP contribution is -2.47. The lowest BCUT2D eigenvalue weighted by atomic mass is 9.87. The lowest BCUT2D eigenvalue weighted by molar-refractivity contribution is -0.304. The number of unbranched alkanes of at least 4 members (excludes halogenated alkanes) is 5. The van der Waals surface area contributed by atoms with Gasteiger partial charge in [-0.05, 0) is 46.0 Å². The van der Waals surface area contributed by atoms with E-state index >= 15 is 0 Å². The highest BCUT2D eigenvalue weighted by molar-refractivity contribution is 4.81. The van der Waals surface area contributed by atoms with Gasteiger partial charge in [0.25, 0.3) is 0 Å². The predicted octanol–water partition coefficient (Wildman–Crippen LogP) is 7.50. The van der Waals surface area contributed by atoms with Crippen LogP contribution in [0.5, 0.6) is 0 Å². The second-order valence-electron chi connectivity index (χ2n) is 7.50. The Morgan fingerprint density at radius 3 is 1.58 bits per heavy atom. The molecule has 0 aromatic rings. The summed E-state index contributed by atoms with van der Waals surface area (Å²) in [6.45, 7) is 15.6. The molecule has 0 aliphatic carbocycles. The summed E-state index contributed by atoms with van der Waals surface area (Å²) in [5, 5.41) is 0. The van der Waals surface area contributed by atoms with Gasteiger partial charge in [-0.15, -0.1) is 0 Å². The van der Waals surface area contributed by atoms with Crippen molar-refractivity contribution < 1.29 is 9.47 Å². The van der Waals surface area contributed by atoms with Crippen molar-refractivity contribution in [2.75, 3.05) is 0 Å². The Bertz CT molecular complexity index is 265. The molecule has 3 unspecified atom stereocenters. The molecule has 0 bridgehead atoms. The Balaban J connectivity index is 4.83. The normalized spacial score (nSPS) is 18.1. The van der Waals surface area contributed by atoms with Crippen LogP contribution in [0.1, 0.15) is 119 Å². The van der Waals surface area contributed by atoms with Gasteiger partial charge in [-0.2, -0.15) is 0 Å². The average Bonchev–Trinajstić information content (AvgIpc) is 2.60. The monoisotopic (exact) mass is 342 g/mol. The van der Waals surface area contributed by atoms with E-state index in [1.807, 2.05) is 0 Å². The molecule has 24 heavy (non-hydrogen) atoms. The smallest absolute Gasteiger partial charge is 0.171 e. The lowest BCUT2D eigenvalue weighted by Gasteiger charge is -2.43. The molecular formula is C22H46O2. The van der Waals surface area contributed by atoms with Gasteiger partial charge in [0.05, 0.1) is 12.2 Å². The molecule has 0 aromatic heterocycles. The fraction of sp³-hybridized carbons (Fsp3) is 1.00. The summed E-state index contributed by atoms with van der Waals surface area (Å²) in [6.07, 6.45) is 14.0. The van der Waals surface area contributed by atoms with E-state index in [4.69, 9.17) is 9.47 Å². The van der Waals surface area contributed by atoms with Gasteiger partial charge in [0, 0.05) is 5.92 Å². The van der Waals surface area contributed by atoms with Crippen LogP contribution in [0.15, 0.2) is 0 Å². The van der Waals surface area contributed by atoms with E-state index in [1.54, 1.807) is 0 Å². The van der Waals surface area contributed by atoms with Gasteiger partial charge in [-0.3, -0.25) is 0 Å². The number of ether oxygens (including phenoxy) is 2. The van der Waals surface area contributed by atoms with Crippen LogP contribution >= 0.6 is 0 Å². The molecule has 0 aromatic carbocycles. The molecule has 0 radical (unpaired) electrons. The summed E-state index contributed by atoms with van der Waals surface area (Å²) in [7, 11) is 0.